The van der Waals surface area contributed by atoms with Crippen molar-refractivity contribution in [1.29, 1.82) is 0 Å². The van der Waals surface area contributed by atoms with Crippen molar-refractivity contribution < 1.29 is 9.90 Å². The van der Waals surface area contributed by atoms with E-state index in [1.165, 1.54) is 5.56 Å². The average molecular weight is 263 g/mol. The Labute approximate surface area is 116 Å². The summed E-state index contributed by atoms with van der Waals surface area (Å²) in [5.41, 5.74) is 1.06. The minimum Gasteiger partial charge on any atom is -0.480 e. The van der Waals surface area contributed by atoms with Crippen LogP contribution in [0.1, 0.15) is 52.2 Å². The molecule has 0 radical (unpaired) electrons. The number of hydrogen-bond acceptors (Lipinski definition) is 2. The summed E-state index contributed by atoms with van der Waals surface area (Å²) in [5, 5.41) is 12.6. The number of aliphatic carboxylic acids is 1. The molecule has 2 N–H and O–H groups in total. The molecule has 0 aliphatic heterocycles. The molecule has 3 heteroatoms. The third kappa shape index (κ3) is 3.57. The Morgan fingerprint density at radius 3 is 1.95 bits per heavy atom. The summed E-state index contributed by atoms with van der Waals surface area (Å²) in [6.07, 6.45) is 0.906. The van der Waals surface area contributed by atoms with Gasteiger partial charge in [0.2, 0.25) is 0 Å². The van der Waals surface area contributed by atoms with Crippen LogP contribution in [0.3, 0.4) is 0 Å². The summed E-state index contributed by atoms with van der Waals surface area (Å²) in [4.78, 5) is 11.5. The van der Waals surface area contributed by atoms with Crippen LogP contribution in [-0.2, 0) is 15.7 Å². The van der Waals surface area contributed by atoms with Crippen molar-refractivity contribution in [3.8, 4) is 0 Å². The molecule has 1 rings (SSSR count). The molecule has 0 aliphatic carbocycles. The first-order chi connectivity index (χ1) is 8.71. The van der Waals surface area contributed by atoms with E-state index in [1.54, 1.807) is 6.92 Å². The van der Waals surface area contributed by atoms with Crippen LogP contribution in [0, 0.1) is 0 Å². The Kier molecular flexibility index (Phi) is 4.75. The molecule has 0 aromatic heterocycles. The molecule has 0 bridgehead atoms. The fourth-order valence-electron chi connectivity index (χ4n) is 1.98. The van der Waals surface area contributed by atoms with Crippen LogP contribution in [0.15, 0.2) is 24.3 Å². The fourth-order valence-corrected chi connectivity index (χ4v) is 1.98. The second kappa shape index (κ2) is 5.74. The van der Waals surface area contributed by atoms with Crippen molar-refractivity contribution in [3.05, 3.63) is 35.4 Å². The van der Waals surface area contributed by atoms with Crippen LogP contribution in [0.5, 0.6) is 0 Å². The van der Waals surface area contributed by atoms with Crippen molar-refractivity contribution in [2.75, 3.05) is 6.54 Å². The predicted octanol–water partition coefficient (Wildman–Crippen LogP) is 3.28. The van der Waals surface area contributed by atoms with Gasteiger partial charge in [-0.3, -0.25) is 5.32 Å². The summed E-state index contributed by atoms with van der Waals surface area (Å²) in [5.74, 6) is -0.843. The molecule has 1 aromatic carbocycles. The highest BCUT2D eigenvalue weighted by Gasteiger charge is 2.34. The number of carboxylic acids is 1. The second-order valence-electron chi connectivity index (χ2n) is 6.18. The Morgan fingerprint density at radius 2 is 1.58 bits per heavy atom. The molecule has 19 heavy (non-hydrogen) atoms. The third-order valence-electron chi connectivity index (χ3n) is 3.48. The van der Waals surface area contributed by atoms with Crippen LogP contribution >= 0.6 is 0 Å². The zero-order chi connectivity index (χ0) is 14.7. The van der Waals surface area contributed by atoms with E-state index in [-0.39, 0.29) is 5.41 Å². The topological polar surface area (TPSA) is 49.3 Å². The first-order valence-corrected chi connectivity index (χ1v) is 6.81. The largest absolute Gasteiger partial charge is 0.480 e. The Morgan fingerprint density at radius 1 is 1.11 bits per heavy atom. The van der Waals surface area contributed by atoms with Crippen molar-refractivity contribution in [2.45, 2.75) is 52.0 Å². The van der Waals surface area contributed by atoms with Gasteiger partial charge in [0.05, 0.1) is 0 Å². The van der Waals surface area contributed by atoms with Crippen molar-refractivity contribution in [3.63, 3.8) is 0 Å². The highest BCUT2D eigenvalue weighted by molar-refractivity contribution is 5.80. The van der Waals surface area contributed by atoms with E-state index in [1.807, 2.05) is 31.2 Å². The number of nitrogens with one attached hydrogen (secondary N) is 1. The molecule has 0 saturated heterocycles. The monoisotopic (exact) mass is 263 g/mol. The Bertz CT molecular complexity index is 431. The summed E-state index contributed by atoms with van der Waals surface area (Å²) >= 11 is 0. The quantitative estimate of drug-likeness (QED) is 0.857. The van der Waals surface area contributed by atoms with E-state index in [4.69, 9.17) is 0 Å². The number of benzene rings is 1. The molecular formula is C16H25NO2. The zero-order valence-corrected chi connectivity index (χ0v) is 12.6. The number of carboxylic acid groups (broad SMARTS) is 1. The van der Waals surface area contributed by atoms with Crippen LogP contribution in [0.25, 0.3) is 0 Å². The van der Waals surface area contributed by atoms with E-state index in [9.17, 15) is 9.90 Å². The smallest absolute Gasteiger partial charge is 0.328 e. The van der Waals surface area contributed by atoms with Crippen molar-refractivity contribution >= 4 is 5.97 Å². The number of hydrogen-bond donors (Lipinski definition) is 2. The SMILES string of the molecule is CCCNC(C)(C(=O)O)c1ccc(C(C)(C)C)cc1. The van der Waals surface area contributed by atoms with Gasteiger partial charge in [0.1, 0.15) is 5.54 Å². The maximum atomic E-state index is 11.5. The number of rotatable bonds is 5. The average Bonchev–Trinajstić information content (AvgIpc) is 2.34. The molecule has 0 fully saturated rings. The maximum absolute atomic E-state index is 11.5. The van der Waals surface area contributed by atoms with Gasteiger partial charge in [-0.05, 0) is 36.4 Å². The van der Waals surface area contributed by atoms with Gasteiger partial charge in [-0.1, -0.05) is 52.0 Å². The zero-order valence-electron chi connectivity index (χ0n) is 12.6. The first kappa shape index (κ1) is 15.7. The highest BCUT2D eigenvalue weighted by Crippen LogP contribution is 2.26. The van der Waals surface area contributed by atoms with Crippen LogP contribution in [-0.4, -0.2) is 17.6 Å². The minimum atomic E-state index is -1.02. The molecule has 106 valence electrons. The third-order valence-corrected chi connectivity index (χ3v) is 3.48. The van der Waals surface area contributed by atoms with Gasteiger partial charge in [0.25, 0.3) is 0 Å². The van der Waals surface area contributed by atoms with E-state index in [2.05, 4.69) is 26.1 Å². The van der Waals surface area contributed by atoms with E-state index in [0.29, 0.717) is 6.54 Å². The van der Waals surface area contributed by atoms with E-state index in [0.717, 1.165) is 12.0 Å². The van der Waals surface area contributed by atoms with Crippen molar-refractivity contribution in [1.82, 2.24) is 5.32 Å². The summed E-state index contributed by atoms with van der Waals surface area (Å²) in [7, 11) is 0. The van der Waals surface area contributed by atoms with E-state index < -0.39 is 11.5 Å². The lowest BCUT2D eigenvalue weighted by molar-refractivity contribution is -0.144. The molecule has 3 nitrogen and oxygen atoms in total. The van der Waals surface area contributed by atoms with Gasteiger partial charge in [-0.15, -0.1) is 0 Å². The van der Waals surface area contributed by atoms with Gasteiger partial charge in [-0.2, -0.15) is 0 Å². The van der Waals surface area contributed by atoms with Crippen LogP contribution in [0.2, 0.25) is 0 Å². The molecule has 0 saturated carbocycles. The van der Waals surface area contributed by atoms with Gasteiger partial charge >= 0.3 is 5.97 Å². The lowest BCUT2D eigenvalue weighted by atomic mass is 9.84. The summed E-state index contributed by atoms with van der Waals surface area (Å²) < 4.78 is 0. The first-order valence-electron chi connectivity index (χ1n) is 6.81. The van der Waals surface area contributed by atoms with Gasteiger partial charge in [0, 0.05) is 0 Å². The summed E-state index contributed by atoms with van der Waals surface area (Å²) in [6, 6.07) is 7.86. The number of carbonyl (C=O) groups is 1. The van der Waals surface area contributed by atoms with Gasteiger partial charge in [-0.25, -0.2) is 4.79 Å². The molecule has 1 atom stereocenters. The Hall–Kier alpha value is -1.35. The lowest BCUT2D eigenvalue weighted by Gasteiger charge is -2.28. The fraction of sp³-hybridized carbons (Fsp3) is 0.562. The Balaban J connectivity index is 3.08. The minimum absolute atomic E-state index is 0.0784. The molecular weight excluding hydrogens is 238 g/mol. The molecule has 1 unspecified atom stereocenters. The summed E-state index contributed by atoms with van der Waals surface area (Å²) in [6.45, 7) is 10.9. The van der Waals surface area contributed by atoms with Gasteiger partial charge in [0.15, 0.2) is 0 Å². The predicted molar refractivity (Wildman–Crippen MR) is 78.4 cm³/mol. The molecule has 0 aliphatic rings. The molecule has 0 heterocycles. The standard InChI is InChI=1S/C16H25NO2/c1-6-11-17-16(5,14(18)19)13-9-7-12(8-10-13)15(2,3)4/h7-10,17H,6,11H2,1-5H3,(H,18,19). The second-order valence-corrected chi connectivity index (χ2v) is 6.18. The molecule has 0 spiro atoms. The lowest BCUT2D eigenvalue weighted by Crippen LogP contribution is -2.47. The van der Waals surface area contributed by atoms with Gasteiger partial charge < -0.3 is 5.11 Å². The highest BCUT2D eigenvalue weighted by atomic mass is 16.4. The normalized spacial score (nSPS) is 15.0. The van der Waals surface area contributed by atoms with Crippen molar-refractivity contribution in [2.24, 2.45) is 0 Å². The molecule has 0 amide bonds. The maximum Gasteiger partial charge on any atom is 0.328 e. The molecule has 1 aromatic rings. The van der Waals surface area contributed by atoms with E-state index >= 15 is 0 Å². The van der Waals surface area contributed by atoms with Crippen LogP contribution in [0.4, 0.5) is 0 Å². The van der Waals surface area contributed by atoms with Crippen LogP contribution < -0.4 is 5.32 Å².